The Labute approximate surface area is 188 Å². The Bertz CT molecular complexity index is 1070. The molecule has 33 heavy (non-hydrogen) atoms. The zero-order chi connectivity index (χ0) is 23.2. The number of rotatable bonds is 4. The minimum absolute atomic E-state index is 0.0298. The van der Waals surface area contributed by atoms with Crippen molar-refractivity contribution < 1.29 is 32.2 Å². The fraction of sp³-hybridized carbons (Fsp3) is 0.391. The van der Waals surface area contributed by atoms with Gasteiger partial charge in [0.25, 0.3) is 5.91 Å². The summed E-state index contributed by atoms with van der Waals surface area (Å²) >= 11 is 0. The quantitative estimate of drug-likeness (QED) is 0.653. The van der Waals surface area contributed by atoms with E-state index >= 15 is 0 Å². The number of hydrogen-bond donors (Lipinski definition) is 0. The first-order valence-electron chi connectivity index (χ1n) is 10.7. The lowest BCUT2D eigenvalue weighted by molar-refractivity contribution is -0.137. The number of fused-ring (bicyclic) bond motifs is 1. The van der Waals surface area contributed by atoms with Gasteiger partial charge >= 0.3 is 6.18 Å². The van der Waals surface area contributed by atoms with Gasteiger partial charge in [-0.1, -0.05) is 6.07 Å². The van der Waals surface area contributed by atoms with Crippen molar-refractivity contribution in [2.24, 2.45) is 0 Å². The van der Waals surface area contributed by atoms with Gasteiger partial charge in [0, 0.05) is 32.7 Å². The Kier molecular flexibility index (Phi) is 5.49. The Morgan fingerprint density at radius 3 is 2.30 bits per heavy atom. The summed E-state index contributed by atoms with van der Waals surface area (Å²) in [4.78, 5) is 30.8. The molecule has 2 fully saturated rings. The smallest absolute Gasteiger partial charge is 0.416 e. The SMILES string of the molecule is O=C1C[C@@H](N2CCN(Cc3ccc4c(c3)OCO4)CC2)C(=O)N1c1ccc(C(F)(F)F)cc1. The van der Waals surface area contributed by atoms with Crippen molar-refractivity contribution in [1.29, 1.82) is 0 Å². The minimum atomic E-state index is -4.47. The molecule has 3 aliphatic rings. The second kappa shape index (κ2) is 8.35. The number of nitrogens with zero attached hydrogens (tertiary/aromatic N) is 3. The molecule has 1 atom stereocenters. The molecule has 0 aliphatic carbocycles. The molecule has 174 valence electrons. The molecule has 0 bridgehead atoms. The second-order valence-corrected chi connectivity index (χ2v) is 8.33. The lowest BCUT2D eigenvalue weighted by Gasteiger charge is -2.37. The Morgan fingerprint density at radius 2 is 1.61 bits per heavy atom. The number of hydrogen-bond acceptors (Lipinski definition) is 6. The molecule has 3 aliphatic heterocycles. The molecule has 0 spiro atoms. The van der Waals surface area contributed by atoms with Gasteiger partial charge in [-0.2, -0.15) is 13.2 Å². The third-order valence-electron chi connectivity index (χ3n) is 6.27. The number of carbonyl (C=O) groups is 2. The van der Waals surface area contributed by atoms with Crippen molar-refractivity contribution in [3.8, 4) is 11.5 Å². The van der Waals surface area contributed by atoms with Gasteiger partial charge in [0.15, 0.2) is 11.5 Å². The number of amides is 2. The molecule has 0 saturated carbocycles. The highest BCUT2D eigenvalue weighted by molar-refractivity contribution is 6.22. The summed E-state index contributed by atoms with van der Waals surface area (Å²) in [6.07, 6.45) is -4.44. The maximum Gasteiger partial charge on any atom is 0.416 e. The maximum absolute atomic E-state index is 13.0. The van der Waals surface area contributed by atoms with E-state index in [1.807, 2.05) is 23.1 Å². The molecule has 0 unspecified atom stereocenters. The lowest BCUT2D eigenvalue weighted by Crippen LogP contribution is -2.52. The molecule has 0 N–H and O–H groups in total. The highest BCUT2D eigenvalue weighted by Gasteiger charge is 2.43. The molecule has 2 aromatic rings. The second-order valence-electron chi connectivity index (χ2n) is 8.33. The molecule has 2 amide bonds. The van der Waals surface area contributed by atoms with Gasteiger partial charge in [0.05, 0.1) is 23.7 Å². The van der Waals surface area contributed by atoms with Crippen LogP contribution < -0.4 is 14.4 Å². The molecule has 2 aromatic carbocycles. The summed E-state index contributed by atoms with van der Waals surface area (Å²) in [5.41, 5.74) is 0.454. The van der Waals surface area contributed by atoms with Crippen molar-refractivity contribution >= 4 is 17.5 Å². The molecule has 3 heterocycles. The number of imide groups is 1. The van der Waals surface area contributed by atoms with Gasteiger partial charge in [0.1, 0.15) is 0 Å². The summed E-state index contributed by atoms with van der Waals surface area (Å²) in [5, 5.41) is 0. The first-order chi connectivity index (χ1) is 15.8. The lowest BCUT2D eigenvalue weighted by atomic mass is 10.1. The monoisotopic (exact) mass is 461 g/mol. The molecule has 10 heteroatoms. The van der Waals surface area contributed by atoms with Crippen molar-refractivity contribution in [2.75, 3.05) is 37.9 Å². The predicted octanol–water partition coefficient (Wildman–Crippen LogP) is 2.88. The van der Waals surface area contributed by atoms with E-state index in [4.69, 9.17) is 9.47 Å². The van der Waals surface area contributed by atoms with E-state index in [2.05, 4.69) is 4.90 Å². The van der Waals surface area contributed by atoms with Crippen LogP contribution in [0.4, 0.5) is 18.9 Å². The van der Waals surface area contributed by atoms with Crippen LogP contribution in [0.5, 0.6) is 11.5 Å². The third kappa shape index (κ3) is 4.28. The maximum atomic E-state index is 13.0. The summed E-state index contributed by atoms with van der Waals surface area (Å²) < 4.78 is 49.2. The van der Waals surface area contributed by atoms with E-state index in [9.17, 15) is 22.8 Å². The Balaban J connectivity index is 1.20. The van der Waals surface area contributed by atoms with E-state index in [1.54, 1.807) is 0 Å². The van der Waals surface area contributed by atoms with Gasteiger partial charge in [0.2, 0.25) is 12.7 Å². The van der Waals surface area contributed by atoms with Crippen molar-refractivity contribution in [3.63, 3.8) is 0 Å². The zero-order valence-corrected chi connectivity index (χ0v) is 17.7. The molecule has 0 aromatic heterocycles. The molecular formula is C23H22F3N3O4. The van der Waals surface area contributed by atoms with Gasteiger partial charge in [-0.3, -0.25) is 19.4 Å². The standard InChI is InChI=1S/C23H22F3N3O4/c24-23(25,26)16-2-4-17(5-3-16)29-21(30)12-18(22(29)31)28-9-7-27(8-10-28)13-15-1-6-19-20(11-15)33-14-32-19/h1-6,11,18H,7-10,12-14H2/t18-/m1/s1. The number of alkyl halides is 3. The molecule has 7 nitrogen and oxygen atoms in total. The summed E-state index contributed by atoms with van der Waals surface area (Å²) in [7, 11) is 0. The first-order valence-corrected chi connectivity index (χ1v) is 10.7. The summed E-state index contributed by atoms with van der Waals surface area (Å²) in [5.74, 6) is 0.701. The van der Waals surface area contributed by atoms with Crippen molar-refractivity contribution in [2.45, 2.75) is 25.2 Å². The minimum Gasteiger partial charge on any atom is -0.454 e. The zero-order valence-electron chi connectivity index (χ0n) is 17.7. The summed E-state index contributed by atoms with van der Waals surface area (Å²) in [6, 6.07) is 9.39. The normalized spacial score (nSPS) is 21.8. The van der Waals surface area contributed by atoms with Crippen LogP contribution in [0.25, 0.3) is 0 Å². The van der Waals surface area contributed by atoms with Gasteiger partial charge < -0.3 is 9.47 Å². The van der Waals surface area contributed by atoms with Crippen molar-refractivity contribution in [3.05, 3.63) is 53.6 Å². The van der Waals surface area contributed by atoms with Gasteiger partial charge in [-0.15, -0.1) is 0 Å². The molecule has 5 rings (SSSR count). The molecule has 2 saturated heterocycles. The fourth-order valence-corrected chi connectivity index (χ4v) is 4.50. The van der Waals surface area contributed by atoms with E-state index in [0.29, 0.717) is 13.1 Å². The van der Waals surface area contributed by atoms with Crippen LogP contribution in [-0.4, -0.2) is 60.6 Å². The first kappa shape index (κ1) is 21.7. The van der Waals surface area contributed by atoms with Crippen LogP contribution in [-0.2, 0) is 22.3 Å². The third-order valence-corrected chi connectivity index (χ3v) is 6.27. The van der Waals surface area contributed by atoms with Gasteiger partial charge in [-0.05, 0) is 42.0 Å². The molecule has 0 radical (unpaired) electrons. The fourth-order valence-electron chi connectivity index (χ4n) is 4.50. The van der Waals surface area contributed by atoms with E-state index in [1.165, 1.54) is 12.1 Å². The molecular weight excluding hydrogens is 439 g/mol. The van der Waals surface area contributed by atoms with E-state index in [0.717, 1.165) is 53.7 Å². The van der Waals surface area contributed by atoms with Crippen LogP contribution in [0.2, 0.25) is 0 Å². The van der Waals surface area contributed by atoms with Gasteiger partial charge in [-0.25, -0.2) is 4.90 Å². The number of piperazine rings is 1. The van der Waals surface area contributed by atoms with Crippen LogP contribution in [0.3, 0.4) is 0 Å². The average molecular weight is 461 g/mol. The van der Waals surface area contributed by atoms with E-state index < -0.39 is 23.7 Å². The average Bonchev–Trinajstić information content (AvgIpc) is 3.37. The number of ether oxygens (including phenoxy) is 2. The van der Waals surface area contributed by atoms with Crippen molar-refractivity contribution in [1.82, 2.24) is 9.80 Å². The number of benzene rings is 2. The highest BCUT2D eigenvalue weighted by atomic mass is 19.4. The van der Waals surface area contributed by atoms with Crippen LogP contribution >= 0.6 is 0 Å². The number of halogens is 3. The topological polar surface area (TPSA) is 62.3 Å². The summed E-state index contributed by atoms with van der Waals surface area (Å²) in [6.45, 7) is 3.67. The largest absolute Gasteiger partial charge is 0.454 e. The Morgan fingerprint density at radius 1 is 0.909 bits per heavy atom. The Hall–Kier alpha value is -3.11. The van der Waals surface area contributed by atoms with Crippen LogP contribution in [0, 0.1) is 0 Å². The van der Waals surface area contributed by atoms with Crippen LogP contribution in [0.1, 0.15) is 17.5 Å². The van der Waals surface area contributed by atoms with E-state index in [-0.39, 0.29) is 24.8 Å². The predicted molar refractivity (Wildman–Crippen MR) is 112 cm³/mol. The number of anilines is 1. The van der Waals surface area contributed by atoms with Crippen LogP contribution in [0.15, 0.2) is 42.5 Å². The number of carbonyl (C=O) groups excluding carboxylic acids is 2. The highest BCUT2D eigenvalue weighted by Crippen LogP contribution is 2.34.